The molecular weight excluding hydrogens is 282 g/mol. The molecule has 0 radical (unpaired) electrons. The molecule has 0 saturated carbocycles. The van der Waals surface area contributed by atoms with E-state index in [9.17, 15) is 0 Å². The molecule has 1 aromatic heterocycles. The van der Waals surface area contributed by atoms with Gasteiger partial charge in [0.1, 0.15) is 10.8 Å². The highest BCUT2D eigenvalue weighted by Crippen LogP contribution is 2.27. The van der Waals surface area contributed by atoms with Crippen LogP contribution in [0.3, 0.4) is 0 Å². The molecule has 2 aromatic carbocycles. The van der Waals surface area contributed by atoms with Gasteiger partial charge in [0, 0.05) is 6.54 Å². The number of hydrogen-bond acceptors (Lipinski definition) is 5. The SMILES string of the molecule is CCCNCc1nnc(Oc2ccc3ccccc3c2)s1. The van der Waals surface area contributed by atoms with E-state index in [-0.39, 0.29) is 0 Å². The van der Waals surface area contributed by atoms with Gasteiger partial charge < -0.3 is 10.1 Å². The zero-order valence-corrected chi connectivity index (χ0v) is 12.7. The lowest BCUT2D eigenvalue weighted by Crippen LogP contribution is -2.13. The summed E-state index contributed by atoms with van der Waals surface area (Å²) in [5.74, 6) is 0.790. The van der Waals surface area contributed by atoms with Crippen molar-refractivity contribution in [3.63, 3.8) is 0 Å². The van der Waals surface area contributed by atoms with Crippen molar-refractivity contribution in [1.82, 2.24) is 15.5 Å². The molecule has 3 rings (SSSR count). The Morgan fingerprint density at radius 2 is 1.95 bits per heavy atom. The first-order chi connectivity index (χ1) is 10.3. The lowest BCUT2D eigenvalue weighted by molar-refractivity contribution is 0.473. The van der Waals surface area contributed by atoms with Crippen molar-refractivity contribution in [2.24, 2.45) is 0 Å². The zero-order chi connectivity index (χ0) is 14.5. The lowest BCUT2D eigenvalue weighted by atomic mass is 10.1. The van der Waals surface area contributed by atoms with Gasteiger partial charge in [-0.25, -0.2) is 0 Å². The molecule has 0 unspecified atom stereocenters. The summed E-state index contributed by atoms with van der Waals surface area (Å²) in [6, 6.07) is 14.2. The molecule has 1 N–H and O–H groups in total. The minimum Gasteiger partial charge on any atom is -0.430 e. The van der Waals surface area contributed by atoms with Gasteiger partial charge in [0.2, 0.25) is 0 Å². The smallest absolute Gasteiger partial charge is 0.299 e. The van der Waals surface area contributed by atoms with Crippen LogP contribution in [0.25, 0.3) is 10.8 Å². The minimum atomic E-state index is 0.582. The normalized spacial score (nSPS) is 10.9. The first-order valence-electron chi connectivity index (χ1n) is 7.05. The minimum absolute atomic E-state index is 0.582. The Balaban J connectivity index is 1.70. The number of benzene rings is 2. The number of rotatable bonds is 6. The van der Waals surface area contributed by atoms with E-state index in [1.165, 1.54) is 16.7 Å². The van der Waals surface area contributed by atoms with Crippen LogP contribution in [-0.2, 0) is 6.54 Å². The molecule has 0 aliphatic heterocycles. The predicted octanol–water partition coefficient (Wildman–Crippen LogP) is 3.98. The molecule has 0 saturated heterocycles. The second-order valence-corrected chi connectivity index (χ2v) is 5.77. The first-order valence-corrected chi connectivity index (χ1v) is 7.86. The Morgan fingerprint density at radius 3 is 2.81 bits per heavy atom. The van der Waals surface area contributed by atoms with Crippen LogP contribution in [0, 0.1) is 0 Å². The summed E-state index contributed by atoms with van der Waals surface area (Å²) in [5.41, 5.74) is 0. The Labute approximate surface area is 127 Å². The average molecular weight is 299 g/mol. The maximum absolute atomic E-state index is 5.79. The molecule has 0 aliphatic carbocycles. The number of fused-ring (bicyclic) bond motifs is 1. The Bertz CT molecular complexity index is 726. The van der Waals surface area contributed by atoms with Crippen molar-refractivity contribution in [3.05, 3.63) is 47.5 Å². The number of nitrogens with one attached hydrogen (secondary N) is 1. The summed E-state index contributed by atoms with van der Waals surface area (Å²) < 4.78 is 5.79. The first kappa shape index (κ1) is 14.0. The zero-order valence-electron chi connectivity index (χ0n) is 11.9. The van der Waals surface area contributed by atoms with E-state index in [1.807, 2.05) is 24.3 Å². The summed E-state index contributed by atoms with van der Waals surface area (Å²) in [6.45, 7) is 3.87. The third-order valence-corrected chi connectivity index (χ3v) is 3.88. The molecule has 21 heavy (non-hydrogen) atoms. The predicted molar refractivity (Wildman–Crippen MR) is 85.9 cm³/mol. The fourth-order valence-electron chi connectivity index (χ4n) is 2.05. The largest absolute Gasteiger partial charge is 0.430 e. The van der Waals surface area contributed by atoms with E-state index < -0.39 is 0 Å². The topological polar surface area (TPSA) is 47.0 Å². The van der Waals surface area contributed by atoms with Gasteiger partial charge in [-0.2, -0.15) is 0 Å². The van der Waals surface area contributed by atoms with Gasteiger partial charge in [0.15, 0.2) is 0 Å². The second-order valence-electron chi connectivity index (χ2n) is 4.75. The maximum atomic E-state index is 5.79. The molecule has 1 heterocycles. The molecule has 0 bridgehead atoms. The molecule has 3 aromatic rings. The molecule has 0 aliphatic rings. The van der Waals surface area contributed by atoms with Crippen LogP contribution in [0.5, 0.6) is 10.9 Å². The number of nitrogens with zero attached hydrogens (tertiary/aromatic N) is 2. The second kappa shape index (κ2) is 6.65. The summed E-state index contributed by atoms with van der Waals surface area (Å²) in [5, 5.41) is 15.4. The van der Waals surface area contributed by atoms with Crippen molar-refractivity contribution in [3.8, 4) is 10.9 Å². The standard InChI is InChI=1S/C16H17N3OS/c1-2-9-17-11-15-18-19-16(21-15)20-14-8-7-12-5-3-4-6-13(12)10-14/h3-8,10,17H,2,9,11H2,1H3. The number of aromatic nitrogens is 2. The summed E-state index contributed by atoms with van der Waals surface area (Å²) >= 11 is 1.48. The number of ether oxygens (including phenoxy) is 1. The average Bonchev–Trinajstić information content (AvgIpc) is 2.95. The Hall–Kier alpha value is -1.98. The molecule has 0 atom stereocenters. The molecule has 5 heteroatoms. The van der Waals surface area contributed by atoms with Gasteiger partial charge in [-0.3, -0.25) is 0 Å². The third kappa shape index (κ3) is 3.56. The maximum Gasteiger partial charge on any atom is 0.299 e. The van der Waals surface area contributed by atoms with E-state index in [2.05, 4.69) is 40.6 Å². The van der Waals surface area contributed by atoms with Crippen molar-refractivity contribution in [2.75, 3.05) is 6.54 Å². The molecule has 0 amide bonds. The highest BCUT2D eigenvalue weighted by molar-refractivity contribution is 7.13. The molecule has 4 nitrogen and oxygen atoms in total. The van der Waals surface area contributed by atoms with Crippen LogP contribution in [-0.4, -0.2) is 16.7 Å². The van der Waals surface area contributed by atoms with Gasteiger partial charge in [-0.15, -0.1) is 5.10 Å². The van der Waals surface area contributed by atoms with E-state index in [0.717, 1.165) is 35.7 Å². The summed E-state index contributed by atoms with van der Waals surface area (Å²) in [7, 11) is 0. The van der Waals surface area contributed by atoms with Crippen molar-refractivity contribution < 1.29 is 4.74 Å². The van der Waals surface area contributed by atoms with Gasteiger partial charge in [-0.05, 0) is 35.9 Å². The van der Waals surface area contributed by atoms with Crippen LogP contribution in [0.2, 0.25) is 0 Å². The van der Waals surface area contributed by atoms with Crippen LogP contribution in [0.4, 0.5) is 0 Å². The fourth-order valence-corrected chi connectivity index (χ4v) is 2.73. The summed E-state index contributed by atoms with van der Waals surface area (Å²) in [6.07, 6.45) is 1.11. The fraction of sp³-hybridized carbons (Fsp3) is 0.250. The van der Waals surface area contributed by atoms with E-state index in [1.54, 1.807) is 0 Å². The monoisotopic (exact) mass is 299 g/mol. The van der Waals surface area contributed by atoms with E-state index in [0.29, 0.717) is 5.19 Å². The Morgan fingerprint density at radius 1 is 1.10 bits per heavy atom. The molecule has 108 valence electrons. The van der Waals surface area contributed by atoms with Gasteiger partial charge in [0.05, 0.1) is 0 Å². The van der Waals surface area contributed by atoms with Crippen molar-refractivity contribution >= 4 is 22.1 Å². The van der Waals surface area contributed by atoms with E-state index >= 15 is 0 Å². The quantitative estimate of drug-likeness (QED) is 0.699. The molecule has 0 fully saturated rings. The van der Waals surface area contributed by atoms with Crippen LogP contribution >= 0.6 is 11.3 Å². The van der Waals surface area contributed by atoms with Gasteiger partial charge in [0.25, 0.3) is 5.19 Å². The highest BCUT2D eigenvalue weighted by atomic mass is 32.1. The third-order valence-electron chi connectivity index (χ3n) is 3.08. The van der Waals surface area contributed by atoms with Crippen LogP contribution in [0.1, 0.15) is 18.4 Å². The number of hydrogen-bond donors (Lipinski definition) is 1. The van der Waals surface area contributed by atoms with E-state index in [4.69, 9.17) is 4.74 Å². The van der Waals surface area contributed by atoms with Gasteiger partial charge in [-0.1, -0.05) is 53.7 Å². The van der Waals surface area contributed by atoms with Crippen molar-refractivity contribution in [1.29, 1.82) is 0 Å². The van der Waals surface area contributed by atoms with Crippen LogP contribution < -0.4 is 10.1 Å². The summed E-state index contributed by atoms with van der Waals surface area (Å²) in [4.78, 5) is 0. The van der Waals surface area contributed by atoms with Gasteiger partial charge >= 0.3 is 0 Å². The van der Waals surface area contributed by atoms with Crippen molar-refractivity contribution in [2.45, 2.75) is 19.9 Å². The molecular formula is C16H17N3OS. The lowest BCUT2D eigenvalue weighted by Gasteiger charge is -2.03. The molecule has 0 spiro atoms. The Kier molecular flexibility index (Phi) is 4.43. The van der Waals surface area contributed by atoms with Crippen LogP contribution in [0.15, 0.2) is 42.5 Å². The highest BCUT2D eigenvalue weighted by Gasteiger charge is 2.06.